The monoisotopic (exact) mass is 412 g/mol. The van der Waals surface area contributed by atoms with E-state index in [-0.39, 0.29) is 6.10 Å². The van der Waals surface area contributed by atoms with Crippen molar-refractivity contribution in [2.75, 3.05) is 5.32 Å². The molecule has 2 aromatic heterocycles. The van der Waals surface area contributed by atoms with Gasteiger partial charge in [0.1, 0.15) is 17.4 Å². The van der Waals surface area contributed by atoms with Crippen LogP contribution in [0.1, 0.15) is 32.2 Å². The van der Waals surface area contributed by atoms with E-state index in [0.29, 0.717) is 0 Å². The Morgan fingerprint density at radius 2 is 1.77 bits per heavy atom. The lowest BCUT2D eigenvalue weighted by molar-refractivity contribution is 0.242. The summed E-state index contributed by atoms with van der Waals surface area (Å²) in [5.41, 5.74) is 4.32. The summed E-state index contributed by atoms with van der Waals surface area (Å²) in [7, 11) is 2.04. The van der Waals surface area contributed by atoms with E-state index < -0.39 is 0 Å². The average Bonchev–Trinajstić information content (AvgIpc) is 3.10. The third kappa shape index (κ3) is 4.45. The van der Waals surface area contributed by atoms with E-state index in [2.05, 4.69) is 62.3 Å². The Hall–Kier alpha value is -3.60. The first kappa shape index (κ1) is 20.7. The Labute approximate surface area is 183 Å². The number of nitrogens with one attached hydrogen (secondary N) is 1. The van der Waals surface area contributed by atoms with Gasteiger partial charge in [-0.3, -0.25) is 0 Å². The molecule has 1 N–H and O–H groups in total. The molecule has 0 saturated heterocycles. The number of ether oxygens (including phenoxy) is 1. The van der Waals surface area contributed by atoms with Gasteiger partial charge in [-0.05, 0) is 75.0 Å². The number of imidazole rings is 1. The highest BCUT2D eigenvalue weighted by Gasteiger charge is 2.08. The molecular weight excluding hydrogens is 384 g/mol. The van der Waals surface area contributed by atoms with Crippen molar-refractivity contribution in [3.05, 3.63) is 78.4 Å². The summed E-state index contributed by atoms with van der Waals surface area (Å²) < 4.78 is 7.85. The van der Waals surface area contributed by atoms with Crippen LogP contribution < -0.4 is 10.1 Å². The minimum Gasteiger partial charge on any atom is -0.491 e. The Bertz CT molecular complexity index is 1240. The quantitative estimate of drug-likeness (QED) is 0.409. The van der Waals surface area contributed by atoms with Crippen LogP contribution in [0, 0.1) is 6.92 Å². The zero-order valence-electron chi connectivity index (χ0n) is 18.7. The van der Waals surface area contributed by atoms with E-state index in [9.17, 15) is 0 Å². The van der Waals surface area contributed by atoms with Crippen LogP contribution in [0.15, 0.2) is 67.0 Å². The van der Waals surface area contributed by atoms with Gasteiger partial charge in [0.25, 0.3) is 0 Å². The van der Waals surface area contributed by atoms with Crippen molar-refractivity contribution < 1.29 is 4.74 Å². The third-order valence-electron chi connectivity index (χ3n) is 5.33. The summed E-state index contributed by atoms with van der Waals surface area (Å²) >= 11 is 0. The molecule has 0 amide bonds. The Morgan fingerprint density at radius 1 is 1.00 bits per heavy atom. The van der Waals surface area contributed by atoms with Crippen LogP contribution in [-0.2, 0) is 7.05 Å². The van der Waals surface area contributed by atoms with Gasteiger partial charge in [0.15, 0.2) is 0 Å². The molecule has 31 heavy (non-hydrogen) atoms. The number of aromatic nitrogens is 3. The molecule has 5 heteroatoms. The van der Waals surface area contributed by atoms with Gasteiger partial charge in [-0.1, -0.05) is 18.2 Å². The SMILES string of the molecule is C/C=C(\Nc1cc2cc(-c3cnc(C)n3C)ccc2cn1)c1ccc(OC(C)C)cc1. The summed E-state index contributed by atoms with van der Waals surface area (Å²) in [6, 6.07) is 16.6. The molecule has 4 aromatic rings. The van der Waals surface area contributed by atoms with E-state index in [0.717, 1.165) is 50.7 Å². The number of anilines is 1. The van der Waals surface area contributed by atoms with Crippen molar-refractivity contribution in [3.8, 4) is 17.0 Å². The second-order valence-corrected chi connectivity index (χ2v) is 7.90. The molecule has 0 aliphatic carbocycles. The minimum atomic E-state index is 0.159. The molecule has 2 heterocycles. The van der Waals surface area contributed by atoms with Gasteiger partial charge in [0.2, 0.25) is 0 Å². The van der Waals surface area contributed by atoms with Crippen LogP contribution in [0.3, 0.4) is 0 Å². The average molecular weight is 413 g/mol. The molecule has 0 radical (unpaired) electrons. The van der Waals surface area contributed by atoms with Crippen LogP contribution >= 0.6 is 0 Å². The van der Waals surface area contributed by atoms with Gasteiger partial charge in [-0.2, -0.15) is 0 Å². The molecule has 0 fully saturated rings. The lowest BCUT2D eigenvalue weighted by Gasteiger charge is -2.13. The Balaban J connectivity index is 1.60. The van der Waals surface area contributed by atoms with Gasteiger partial charge in [-0.25, -0.2) is 9.97 Å². The molecule has 0 spiro atoms. The summed E-state index contributed by atoms with van der Waals surface area (Å²) in [5, 5.41) is 5.70. The normalized spacial score (nSPS) is 11.9. The molecule has 0 unspecified atom stereocenters. The minimum absolute atomic E-state index is 0.159. The number of fused-ring (bicyclic) bond motifs is 1. The first-order valence-electron chi connectivity index (χ1n) is 10.5. The number of hydrogen-bond donors (Lipinski definition) is 1. The summed E-state index contributed by atoms with van der Waals surface area (Å²) in [5.74, 6) is 2.67. The van der Waals surface area contributed by atoms with Crippen molar-refractivity contribution in [2.45, 2.75) is 33.8 Å². The maximum Gasteiger partial charge on any atom is 0.130 e. The van der Waals surface area contributed by atoms with E-state index in [4.69, 9.17) is 4.74 Å². The fraction of sp³-hybridized carbons (Fsp3) is 0.231. The number of nitrogens with zero attached hydrogens (tertiary/aromatic N) is 3. The number of benzene rings is 2. The molecule has 4 rings (SSSR count). The van der Waals surface area contributed by atoms with E-state index in [1.807, 2.05) is 59.3 Å². The van der Waals surface area contributed by atoms with Crippen LogP contribution in [0.5, 0.6) is 5.75 Å². The lowest BCUT2D eigenvalue weighted by Crippen LogP contribution is -2.05. The lowest BCUT2D eigenvalue weighted by atomic mass is 10.1. The molecule has 158 valence electrons. The predicted molar refractivity (Wildman–Crippen MR) is 128 cm³/mol. The smallest absolute Gasteiger partial charge is 0.130 e. The highest BCUT2D eigenvalue weighted by atomic mass is 16.5. The number of hydrogen-bond acceptors (Lipinski definition) is 4. The standard InChI is InChI=1S/C26H28N4O/c1-6-24(19-9-11-23(12-10-19)31-17(2)3)29-26-14-22-13-20(7-8-21(22)15-28-26)25-16-27-18(4)30(25)5/h6-17H,1-5H3,(H,28,29)/b24-6-. The van der Waals surface area contributed by atoms with Crippen LogP contribution in [0.25, 0.3) is 27.7 Å². The number of aryl methyl sites for hydroxylation is 1. The number of pyridine rings is 1. The van der Waals surface area contributed by atoms with Gasteiger partial charge in [-0.15, -0.1) is 0 Å². The second-order valence-electron chi connectivity index (χ2n) is 7.90. The van der Waals surface area contributed by atoms with Crippen LogP contribution in [0.2, 0.25) is 0 Å². The van der Waals surface area contributed by atoms with Crippen molar-refractivity contribution in [1.29, 1.82) is 0 Å². The molecule has 2 aromatic carbocycles. The Morgan fingerprint density at radius 3 is 2.42 bits per heavy atom. The highest BCUT2D eigenvalue weighted by molar-refractivity contribution is 5.89. The maximum absolute atomic E-state index is 5.75. The van der Waals surface area contributed by atoms with Gasteiger partial charge in [0.05, 0.1) is 18.0 Å². The molecule has 0 atom stereocenters. The molecule has 0 aliphatic rings. The van der Waals surface area contributed by atoms with Gasteiger partial charge < -0.3 is 14.6 Å². The van der Waals surface area contributed by atoms with E-state index in [1.165, 1.54) is 0 Å². The van der Waals surface area contributed by atoms with Crippen LogP contribution in [-0.4, -0.2) is 20.6 Å². The second kappa shape index (κ2) is 8.64. The fourth-order valence-corrected chi connectivity index (χ4v) is 3.57. The summed E-state index contributed by atoms with van der Waals surface area (Å²) in [6.07, 6.45) is 6.04. The van der Waals surface area contributed by atoms with Crippen LogP contribution in [0.4, 0.5) is 5.82 Å². The zero-order valence-corrected chi connectivity index (χ0v) is 18.7. The number of rotatable bonds is 6. The molecule has 0 bridgehead atoms. The molecular formula is C26H28N4O. The van der Waals surface area contributed by atoms with Crippen molar-refractivity contribution >= 4 is 22.3 Å². The molecule has 0 aliphatic heterocycles. The summed E-state index contributed by atoms with van der Waals surface area (Å²) in [6.45, 7) is 8.08. The third-order valence-corrected chi connectivity index (χ3v) is 5.33. The molecule has 5 nitrogen and oxygen atoms in total. The Kier molecular flexibility index (Phi) is 5.76. The van der Waals surface area contributed by atoms with E-state index >= 15 is 0 Å². The topological polar surface area (TPSA) is 52.0 Å². The van der Waals surface area contributed by atoms with Crippen molar-refractivity contribution in [2.24, 2.45) is 7.05 Å². The van der Waals surface area contributed by atoms with E-state index in [1.54, 1.807) is 0 Å². The maximum atomic E-state index is 5.75. The largest absolute Gasteiger partial charge is 0.491 e. The van der Waals surface area contributed by atoms with Gasteiger partial charge in [0, 0.05) is 29.9 Å². The van der Waals surface area contributed by atoms with Crippen molar-refractivity contribution in [3.63, 3.8) is 0 Å². The number of allylic oxidation sites excluding steroid dienone is 1. The molecule has 0 saturated carbocycles. The van der Waals surface area contributed by atoms with Crippen molar-refractivity contribution in [1.82, 2.24) is 14.5 Å². The fourth-order valence-electron chi connectivity index (χ4n) is 3.57. The highest BCUT2D eigenvalue weighted by Crippen LogP contribution is 2.27. The first-order chi connectivity index (χ1) is 14.9. The first-order valence-corrected chi connectivity index (χ1v) is 10.5. The predicted octanol–water partition coefficient (Wildman–Crippen LogP) is 6.20. The van der Waals surface area contributed by atoms with Gasteiger partial charge >= 0.3 is 0 Å². The summed E-state index contributed by atoms with van der Waals surface area (Å²) in [4.78, 5) is 9.02. The zero-order chi connectivity index (χ0) is 22.0.